The molecule has 0 fully saturated rings. The minimum atomic E-state index is -1.75. The van der Waals surface area contributed by atoms with Crippen LogP contribution in [0.2, 0.25) is 0 Å². The van der Waals surface area contributed by atoms with Crippen LogP contribution in [0.1, 0.15) is 235 Å². The molecule has 258 valence electrons. The molecule has 0 rings (SSSR count). The first-order valence-corrected chi connectivity index (χ1v) is 21.1. The molecule has 0 aliphatic rings. The van der Waals surface area contributed by atoms with Crippen molar-refractivity contribution in [2.75, 3.05) is 0 Å². The van der Waals surface area contributed by atoms with Crippen molar-refractivity contribution in [2.45, 2.75) is 246 Å². The average molecular weight is 626 g/mol. The van der Waals surface area contributed by atoms with E-state index in [9.17, 15) is 4.57 Å². The van der Waals surface area contributed by atoms with Gasteiger partial charge in [-0.25, -0.2) is 0 Å². The maximum Gasteiger partial charge on any atom is 0.514 e. The van der Waals surface area contributed by atoms with Crippen LogP contribution in [-0.4, -0.2) is 10.8 Å². The molecule has 0 radical (unpaired) electrons. The van der Waals surface area contributed by atoms with Gasteiger partial charge in [0.2, 0.25) is 0 Å². The Morgan fingerprint density at radius 3 is 1.23 bits per heavy atom. The summed E-state index contributed by atoms with van der Waals surface area (Å²) in [6, 6.07) is 0. The Balaban J connectivity index is 5.88. The van der Waals surface area contributed by atoms with Crippen LogP contribution < -0.4 is 0 Å². The molecule has 0 bridgehead atoms. The topological polar surface area (TPSA) is 26.3 Å². The molecule has 0 saturated heterocycles. The monoisotopic (exact) mass is 626 g/mol. The van der Waals surface area contributed by atoms with Gasteiger partial charge in [0.25, 0.3) is 0 Å². The Kier molecular flexibility index (Phi) is 28.3. The van der Waals surface area contributed by atoms with Crippen LogP contribution in [0.25, 0.3) is 0 Å². The van der Waals surface area contributed by atoms with Gasteiger partial charge in [-0.15, -0.1) is 4.52 Å². The lowest BCUT2D eigenvalue weighted by Gasteiger charge is -2.38. The Bertz CT molecular complexity index is 604. The van der Waals surface area contributed by atoms with E-state index in [1.165, 1.54) is 154 Å². The molecule has 0 aliphatic heterocycles. The molecular formula is C40H82O2P+. The van der Waals surface area contributed by atoms with Crippen molar-refractivity contribution >= 4 is 8.03 Å². The molecule has 0 aromatic rings. The van der Waals surface area contributed by atoms with E-state index in [1.54, 1.807) is 0 Å². The first-order chi connectivity index (χ1) is 20.7. The normalized spacial score (nSPS) is 14.3. The summed E-state index contributed by atoms with van der Waals surface area (Å²) in [6.07, 6.45) is 36.3. The lowest BCUT2D eigenvalue weighted by molar-refractivity contribution is -0.0184. The second-order valence-electron chi connectivity index (χ2n) is 14.9. The molecule has 0 aliphatic carbocycles. The molecular weight excluding hydrogens is 543 g/mol. The second-order valence-corrected chi connectivity index (χ2v) is 16.7. The molecule has 0 aromatic heterocycles. The first-order valence-electron chi connectivity index (χ1n) is 19.9. The van der Waals surface area contributed by atoms with Gasteiger partial charge in [-0.3, -0.25) is 0 Å². The maximum atomic E-state index is 14.3. The van der Waals surface area contributed by atoms with E-state index in [2.05, 4.69) is 55.4 Å². The summed E-state index contributed by atoms with van der Waals surface area (Å²) >= 11 is 0. The number of hydrogen-bond acceptors (Lipinski definition) is 2. The molecule has 3 unspecified atom stereocenters. The molecule has 0 saturated carbocycles. The minimum absolute atomic E-state index is 0.219. The Hall–Kier alpha value is 0.0600. The average Bonchev–Trinajstić information content (AvgIpc) is 2.99. The van der Waals surface area contributed by atoms with Crippen LogP contribution in [0.4, 0.5) is 0 Å². The summed E-state index contributed by atoms with van der Waals surface area (Å²) in [5.41, 5.74) is -0.219. The van der Waals surface area contributed by atoms with E-state index in [-0.39, 0.29) is 10.8 Å². The summed E-state index contributed by atoms with van der Waals surface area (Å²) in [5.74, 6) is 0.946. The van der Waals surface area contributed by atoms with Gasteiger partial charge in [0.15, 0.2) is 5.16 Å². The van der Waals surface area contributed by atoms with Crippen molar-refractivity contribution in [3.05, 3.63) is 0 Å². The zero-order valence-electron chi connectivity index (χ0n) is 31.2. The van der Waals surface area contributed by atoms with Crippen LogP contribution in [0.5, 0.6) is 0 Å². The SMILES string of the molecule is CCCCCCCCCCCCC(CCCCCC)C(CCCCCC)(CCCCCC)O[P+](=O)C(C)(C)C(C)CCC. The van der Waals surface area contributed by atoms with Crippen LogP contribution >= 0.6 is 8.03 Å². The first kappa shape index (κ1) is 43.1. The molecule has 0 amide bonds. The van der Waals surface area contributed by atoms with E-state index in [1.807, 2.05) is 0 Å². The van der Waals surface area contributed by atoms with Crippen molar-refractivity contribution < 1.29 is 9.09 Å². The van der Waals surface area contributed by atoms with Gasteiger partial charge in [0.1, 0.15) is 5.60 Å². The predicted molar refractivity (Wildman–Crippen MR) is 196 cm³/mol. The standard InChI is InChI=1S/C40H82O2P/c1-9-14-18-22-23-24-25-26-27-29-34-38(33-28-19-15-10-2)40(35-30-20-16-11-3,36-31-21-17-12-4)42-43(41)39(7,8)37(6)32-13-5/h37-38H,9-36H2,1-8H3/q+1. The van der Waals surface area contributed by atoms with Crippen LogP contribution in [0.15, 0.2) is 0 Å². The molecule has 3 heteroatoms. The van der Waals surface area contributed by atoms with E-state index < -0.39 is 8.03 Å². The largest absolute Gasteiger partial charge is 0.514 e. The molecule has 43 heavy (non-hydrogen) atoms. The van der Waals surface area contributed by atoms with Gasteiger partial charge >= 0.3 is 8.03 Å². The molecule has 3 atom stereocenters. The van der Waals surface area contributed by atoms with E-state index in [0.29, 0.717) is 11.8 Å². The summed E-state index contributed by atoms with van der Waals surface area (Å²) < 4.78 is 21.5. The highest BCUT2D eigenvalue weighted by molar-refractivity contribution is 7.41. The fourth-order valence-corrected chi connectivity index (χ4v) is 8.40. The van der Waals surface area contributed by atoms with Crippen molar-refractivity contribution in [3.63, 3.8) is 0 Å². The zero-order valence-corrected chi connectivity index (χ0v) is 32.1. The quantitative estimate of drug-likeness (QED) is 0.0536. The highest BCUT2D eigenvalue weighted by atomic mass is 31.1. The number of rotatable bonds is 33. The Labute approximate surface area is 274 Å². The van der Waals surface area contributed by atoms with Gasteiger partial charge in [0.05, 0.1) is 0 Å². The van der Waals surface area contributed by atoms with Gasteiger partial charge in [-0.2, -0.15) is 0 Å². The summed E-state index contributed by atoms with van der Waals surface area (Å²) in [6.45, 7) is 18.3. The van der Waals surface area contributed by atoms with Crippen molar-refractivity contribution in [1.29, 1.82) is 0 Å². The smallest absolute Gasteiger partial charge is 0.139 e. The Morgan fingerprint density at radius 2 is 0.837 bits per heavy atom. The summed E-state index contributed by atoms with van der Waals surface area (Å²) in [4.78, 5) is 0. The summed E-state index contributed by atoms with van der Waals surface area (Å²) in [5, 5.41) is -0.284. The molecule has 0 aromatic carbocycles. The van der Waals surface area contributed by atoms with Crippen molar-refractivity contribution in [2.24, 2.45) is 11.8 Å². The molecule has 0 heterocycles. The van der Waals surface area contributed by atoms with Crippen molar-refractivity contribution in [3.8, 4) is 0 Å². The Morgan fingerprint density at radius 1 is 0.488 bits per heavy atom. The fraction of sp³-hybridized carbons (Fsp3) is 1.00. The third kappa shape index (κ3) is 20.0. The predicted octanol–water partition coefficient (Wildman–Crippen LogP) is 15.5. The van der Waals surface area contributed by atoms with Gasteiger partial charge < -0.3 is 0 Å². The van der Waals surface area contributed by atoms with E-state index in [4.69, 9.17) is 4.52 Å². The van der Waals surface area contributed by atoms with E-state index in [0.717, 1.165) is 25.7 Å². The zero-order chi connectivity index (χ0) is 32.2. The van der Waals surface area contributed by atoms with Crippen LogP contribution in [-0.2, 0) is 9.09 Å². The lowest BCUT2D eigenvalue weighted by atomic mass is 9.74. The lowest BCUT2D eigenvalue weighted by Crippen LogP contribution is -2.41. The van der Waals surface area contributed by atoms with E-state index >= 15 is 0 Å². The summed E-state index contributed by atoms with van der Waals surface area (Å²) in [7, 11) is -1.75. The molecule has 0 N–H and O–H groups in total. The fourth-order valence-electron chi connectivity index (χ4n) is 7.02. The van der Waals surface area contributed by atoms with Gasteiger partial charge in [-0.05, 0) is 56.4 Å². The molecule has 0 spiro atoms. The van der Waals surface area contributed by atoms with Gasteiger partial charge in [0, 0.05) is 5.92 Å². The minimum Gasteiger partial charge on any atom is -0.139 e. The van der Waals surface area contributed by atoms with Crippen LogP contribution in [0, 0.1) is 11.8 Å². The number of hydrogen-bond donors (Lipinski definition) is 0. The second kappa shape index (κ2) is 28.3. The van der Waals surface area contributed by atoms with Gasteiger partial charge in [-0.1, -0.05) is 189 Å². The highest BCUT2D eigenvalue weighted by Gasteiger charge is 2.53. The maximum absolute atomic E-state index is 14.3. The third-order valence-electron chi connectivity index (χ3n) is 10.6. The number of unbranched alkanes of at least 4 members (excludes halogenated alkanes) is 18. The third-order valence-corrected chi connectivity index (χ3v) is 12.5. The van der Waals surface area contributed by atoms with Crippen LogP contribution in [0.3, 0.4) is 0 Å². The molecule has 2 nitrogen and oxygen atoms in total. The highest BCUT2D eigenvalue weighted by Crippen LogP contribution is 2.53. The van der Waals surface area contributed by atoms with Crippen molar-refractivity contribution in [1.82, 2.24) is 0 Å².